The van der Waals surface area contributed by atoms with E-state index >= 15 is 0 Å². The van der Waals surface area contributed by atoms with Gasteiger partial charge in [0, 0.05) is 23.8 Å². The summed E-state index contributed by atoms with van der Waals surface area (Å²) >= 11 is 5.89. The number of amides is 1. The Balaban J connectivity index is 1.48. The van der Waals surface area contributed by atoms with Crippen LogP contribution in [-0.4, -0.2) is 25.2 Å². The summed E-state index contributed by atoms with van der Waals surface area (Å²) < 4.78 is 27.6. The van der Waals surface area contributed by atoms with Crippen molar-refractivity contribution in [2.75, 3.05) is 11.9 Å². The lowest BCUT2D eigenvalue weighted by Crippen LogP contribution is -2.36. The molecular formula is C24H23ClN2O3S. The molecule has 0 fully saturated rings. The summed E-state index contributed by atoms with van der Waals surface area (Å²) in [6.07, 6.45) is 0.877. The highest BCUT2D eigenvalue weighted by Gasteiger charge is 2.28. The number of halogens is 1. The number of rotatable bonds is 5. The maximum atomic E-state index is 13.0. The molecule has 0 saturated carbocycles. The van der Waals surface area contributed by atoms with E-state index in [9.17, 15) is 13.2 Å². The smallest absolute Gasteiger partial charge is 0.243 e. The summed E-state index contributed by atoms with van der Waals surface area (Å²) in [6.45, 7) is 2.65. The van der Waals surface area contributed by atoms with Crippen LogP contribution in [0.3, 0.4) is 0 Å². The van der Waals surface area contributed by atoms with E-state index in [-0.39, 0.29) is 18.9 Å². The van der Waals surface area contributed by atoms with E-state index in [0.29, 0.717) is 28.6 Å². The molecule has 1 heterocycles. The van der Waals surface area contributed by atoms with E-state index in [0.717, 1.165) is 22.3 Å². The average Bonchev–Trinajstić information content (AvgIpc) is 2.75. The van der Waals surface area contributed by atoms with E-state index in [1.165, 1.54) is 4.31 Å². The Morgan fingerprint density at radius 1 is 1.00 bits per heavy atom. The molecule has 160 valence electrons. The highest BCUT2D eigenvalue weighted by atomic mass is 35.5. The van der Waals surface area contributed by atoms with Crippen molar-refractivity contribution in [3.8, 4) is 0 Å². The van der Waals surface area contributed by atoms with Crippen molar-refractivity contribution in [1.29, 1.82) is 0 Å². The zero-order chi connectivity index (χ0) is 22.0. The number of aryl methyl sites for hydroxylation is 1. The van der Waals surface area contributed by atoms with Crippen LogP contribution in [0.15, 0.2) is 71.6 Å². The summed E-state index contributed by atoms with van der Waals surface area (Å²) in [5, 5.41) is 3.54. The number of anilines is 1. The third kappa shape index (κ3) is 4.98. The first-order valence-electron chi connectivity index (χ1n) is 10.0. The molecule has 0 bridgehead atoms. The number of carbonyl (C=O) groups excluding carboxylic acids is 1. The Kier molecular flexibility index (Phi) is 6.14. The molecule has 0 aliphatic carbocycles. The van der Waals surface area contributed by atoms with Gasteiger partial charge in [-0.2, -0.15) is 4.31 Å². The normalized spacial score (nSPS) is 14.1. The second kappa shape index (κ2) is 8.83. The molecule has 1 N–H and O–H groups in total. The third-order valence-corrected chi connectivity index (χ3v) is 7.52. The Labute approximate surface area is 187 Å². The number of hydrogen-bond donors (Lipinski definition) is 1. The van der Waals surface area contributed by atoms with Crippen molar-refractivity contribution in [3.05, 3.63) is 94.0 Å². The van der Waals surface area contributed by atoms with Gasteiger partial charge >= 0.3 is 0 Å². The van der Waals surface area contributed by atoms with Crippen LogP contribution >= 0.6 is 11.6 Å². The first-order chi connectivity index (χ1) is 14.8. The molecule has 7 heteroatoms. The minimum Gasteiger partial charge on any atom is -0.326 e. The topological polar surface area (TPSA) is 66.5 Å². The van der Waals surface area contributed by atoms with Gasteiger partial charge < -0.3 is 5.32 Å². The van der Waals surface area contributed by atoms with Gasteiger partial charge in [-0.05, 0) is 66.4 Å². The van der Waals surface area contributed by atoms with Gasteiger partial charge in [0.1, 0.15) is 0 Å². The van der Waals surface area contributed by atoms with Crippen LogP contribution in [-0.2, 0) is 34.2 Å². The monoisotopic (exact) mass is 454 g/mol. The molecule has 5 nitrogen and oxygen atoms in total. The van der Waals surface area contributed by atoms with Gasteiger partial charge in [0.25, 0.3) is 0 Å². The second-order valence-electron chi connectivity index (χ2n) is 7.74. The Hall–Kier alpha value is -2.67. The fourth-order valence-corrected chi connectivity index (χ4v) is 5.21. The van der Waals surface area contributed by atoms with Crippen molar-refractivity contribution in [2.45, 2.75) is 31.2 Å². The van der Waals surface area contributed by atoms with E-state index in [4.69, 9.17) is 11.6 Å². The first kappa shape index (κ1) is 21.6. The van der Waals surface area contributed by atoms with Gasteiger partial charge in [-0.1, -0.05) is 47.5 Å². The van der Waals surface area contributed by atoms with Gasteiger partial charge in [-0.25, -0.2) is 8.42 Å². The van der Waals surface area contributed by atoms with Gasteiger partial charge in [0.05, 0.1) is 11.3 Å². The SMILES string of the molecule is Cc1ccc(S(=O)(=O)N2CCc3ccc(NC(=O)Cc4ccc(Cl)cc4)cc3C2)cc1. The number of benzene rings is 3. The van der Waals surface area contributed by atoms with Gasteiger partial charge in [-0.15, -0.1) is 0 Å². The number of nitrogens with one attached hydrogen (secondary N) is 1. The molecule has 0 unspecified atom stereocenters. The summed E-state index contributed by atoms with van der Waals surface area (Å²) in [7, 11) is -3.57. The lowest BCUT2D eigenvalue weighted by molar-refractivity contribution is -0.115. The van der Waals surface area contributed by atoms with Crippen LogP contribution in [0.1, 0.15) is 22.3 Å². The zero-order valence-corrected chi connectivity index (χ0v) is 18.7. The number of fused-ring (bicyclic) bond motifs is 1. The van der Waals surface area contributed by atoms with Crippen molar-refractivity contribution >= 4 is 33.2 Å². The van der Waals surface area contributed by atoms with Crippen LogP contribution in [0, 0.1) is 6.92 Å². The fourth-order valence-electron chi connectivity index (χ4n) is 3.67. The molecule has 1 aliphatic rings. The van der Waals surface area contributed by atoms with Crippen LogP contribution in [0.5, 0.6) is 0 Å². The maximum absolute atomic E-state index is 13.0. The summed E-state index contributed by atoms with van der Waals surface area (Å²) in [5.74, 6) is -0.137. The molecule has 3 aromatic rings. The summed E-state index contributed by atoms with van der Waals surface area (Å²) in [5.41, 5.74) is 4.56. The fraction of sp³-hybridized carbons (Fsp3) is 0.208. The second-order valence-corrected chi connectivity index (χ2v) is 10.1. The predicted octanol–water partition coefficient (Wildman–Crippen LogP) is 4.58. The Morgan fingerprint density at radius 3 is 2.42 bits per heavy atom. The van der Waals surface area contributed by atoms with Crippen LogP contribution in [0.4, 0.5) is 5.69 Å². The number of sulfonamides is 1. The molecule has 1 amide bonds. The number of carbonyl (C=O) groups is 1. The first-order valence-corrected chi connectivity index (χ1v) is 11.9. The standard InChI is InChI=1S/C24H23ClN2O3S/c1-17-2-10-23(11-3-17)31(29,30)27-13-12-19-6-9-22(15-20(19)16-27)26-24(28)14-18-4-7-21(25)8-5-18/h2-11,15H,12-14,16H2,1H3,(H,26,28). The highest BCUT2D eigenvalue weighted by Crippen LogP contribution is 2.27. The van der Waals surface area contributed by atoms with Gasteiger partial charge in [-0.3, -0.25) is 4.79 Å². The molecule has 1 aliphatic heterocycles. The van der Waals surface area contributed by atoms with Gasteiger partial charge in [0.2, 0.25) is 15.9 Å². The predicted molar refractivity (Wildman–Crippen MR) is 123 cm³/mol. The largest absolute Gasteiger partial charge is 0.326 e. The summed E-state index contributed by atoms with van der Waals surface area (Å²) in [6, 6.07) is 19.8. The van der Waals surface area contributed by atoms with Crippen molar-refractivity contribution in [1.82, 2.24) is 4.31 Å². The molecule has 0 atom stereocenters. The van der Waals surface area contributed by atoms with Crippen molar-refractivity contribution in [2.24, 2.45) is 0 Å². The number of hydrogen-bond acceptors (Lipinski definition) is 3. The van der Waals surface area contributed by atoms with Gasteiger partial charge in [0.15, 0.2) is 0 Å². The van der Waals surface area contributed by atoms with E-state index in [1.807, 2.05) is 37.3 Å². The lowest BCUT2D eigenvalue weighted by atomic mass is 10.0. The molecule has 0 spiro atoms. The van der Waals surface area contributed by atoms with Crippen LogP contribution in [0.2, 0.25) is 5.02 Å². The maximum Gasteiger partial charge on any atom is 0.243 e. The molecule has 31 heavy (non-hydrogen) atoms. The quantitative estimate of drug-likeness (QED) is 0.613. The summed E-state index contributed by atoms with van der Waals surface area (Å²) in [4.78, 5) is 12.7. The molecule has 3 aromatic carbocycles. The minimum absolute atomic E-state index is 0.137. The van der Waals surface area contributed by atoms with E-state index < -0.39 is 10.0 Å². The third-order valence-electron chi connectivity index (χ3n) is 5.40. The number of nitrogens with zero attached hydrogens (tertiary/aromatic N) is 1. The Morgan fingerprint density at radius 2 is 1.71 bits per heavy atom. The van der Waals surface area contributed by atoms with Crippen LogP contribution < -0.4 is 5.32 Å². The van der Waals surface area contributed by atoms with E-state index in [1.54, 1.807) is 36.4 Å². The minimum atomic E-state index is -3.57. The van der Waals surface area contributed by atoms with Crippen LogP contribution in [0.25, 0.3) is 0 Å². The molecule has 0 aromatic heterocycles. The Bertz CT molecular complexity index is 1210. The average molecular weight is 455 g/mol. The lowest BCUT2D eigenvalue weighted by Gasteiger charge is -2.28. The van der Waals surface area contributed by atoms with Crippen molar-refractivity contribution in [3.63, 3.8) is 0 Å². The van der Waals surface area contributed by atoms with E-state index in [2.05, 4.69) is 5.32 Å². The molecular weight excluding hydrogens is 432 g/mol. The zero-order valence-electron chi connectivity index (χ0n) is 17.1. The molecule has 0 saturated heterocycles. The molecule has 0 radical (unpaired) electrons. The molecule has 4 rings (SSSR count). The highest BCUT2D eigenvalue weighted by molar-refractivity contribution is 7.89. The van der Waals surface area contributed by atoms with Crippen molar-refractivity contribution < 1.29 is 13.2 Å².